The van der Waals surface area contributed by atoms with Crippen LogP contribution in [0.25, 0.3) is 0 Å². The third-order valence-corrected chi connectivity index (χ3v) is 3.41. The van der Waals surface area contributed by atoms with Crippen LogP contribution in [0.2, 0.25) is 0 Å². The van der Waals surface area contributed by atoms with Crippen LogP contribution in [0.1, 0.15) is 22.5 Å². The molecule has 0 atom stereocenters. The van der Waals surface area contributed by atoms with Gasteiger partial charge >= 0.3 is 0 Å². The van der Waals surface area contributed by atoms with Crippen LogP contribution in [-0.2, 0) is 0 Å². The number of nitriles is 1. The smallest absolute Gasteiger partial charge is 0.262 e. The molecule has 0 saturated carbocycles. The third-order valence-electron chi connectivity index (χ3n) is 1.57. The van der Waals surface area contributed by atoms with Crippen LogP contribution in [0.15, 0.2) is 15.9 Å². The normalized spacial score (nSPS) is 9.43. The van der Waals surface area contributed by atoms with Crippen LogP contribution < -0.4 is 5.32 Å². The van der Waals surface area contributed by atoms with Crippen LogP contribution >= 0.6 is 27.3 Å². The number of carbonyl (C=O) groups excluding carboxylic acids is 1. The van der Waals surface area contributed by atoms with Gasteiger partial charge in [-0.25, -0.2) is 0 Å². The van der Waals surface area contributed by atoms with E-state index in [1.165, 1.54) is 11.3 Å². The highest BCUT2D eigenvalue weighted by atomic mass is 79.9. The maximum Gasteiger partial charge on any atom is 0.262 e. The zero-order valence-corrected chi connectivity index (χ0v) is 9.82. The second-order valence-electron chi connectivity index (χ2n) is 2.62. The Kier molecular flexibility index (Phi) is 4.63. The first-order chi connectivity index (χ1) is 6.75. The van der Waals surface area contributed by atoms with Crippen LogP contribution in [0, 0.1) is 11.3 Å². The monoisotopic (exact) mass is 272 g/mol. The Morgan fingerprint density at radius 1 is 1.71 bits per heavy atom. The molecule has 5 heteroatoms. The van der Waals surface area contributed by atoms with Crippen molar-refractivity contribution in [1.82, 2.24) is 5.32 Å². The largest absolute Gasteiger partial charge is 0.351 e. The molecule has 1 N–H and O–H groups in total. The summed E-state index contributed by atoms with van der Waals surface area (Å²) in [6.07, 6.45) is 1.18. The molecule has 0 radical (unpaired) electrons. The number of rotatable bonds is 4. The van der Waals surface area contributed by atoms with Crippen molar-refractivity contribution in [1.29, 1.82) is 5.26 Å². The Morgan fingerprint density at radius 2 is 2.50 bits per heavy atom. The van der Waals surface area contributed by atoms with E-state index in [1.54, 1.807) is 0 Å². The minimum atomic E-state index is -0.0789. The summed E-state index contributed by atoms with van der Waals surface area (Å²) in [4.78, 5) is 12.2. The Morgan fingerprint density at radius 3 is 3.07 bits per heavy atom. The van der Waals surface area contributed by atoms with Gasteiger partial charge in [-0.15, -0.1) is 11.3 Å². The summed E-state index contributed by atoms with van der Waals surface area (Å²) < 4.78 is 0.820. The molecule has 1 rings (SSSR count). The molecule has 14 heavy (non-hydrogen) atoms. The maximum absolute atomic E-state index is 11.5. The number of hydrogen-bond donors (Lipinski definition) is 1. The minimum Gasteiger partial charge on any atom is -0.351 e. The first-order valence-electron chi connectivity index (χ1n) is 4.14. The fourth-order valence-electron chi connectivity index (χ4n) is 0.905. The van der Waals surface area contributed by atoms with Gasteiger partial charge in [-0.3, -0.25) is 4.79 Å². The summed E-state index contributed by atoms with van der Waals surface area (Å²) >= 11 is 4.68. The highest BCUT2D eigenvalue weighted by molar-refractivity contribution is 9.10. The van der Waals surface area contributed by atoms with Gasteiger partial charge in [0.2, 0.25) is 0 Å². The van der Waals surface area contributed by atoms with Gasteiger partial charge < -0.3 is 5.32 Å². The molecule has 1 amide bonds. The number of unbranched alkanes of at least 4 members (excludes halogenated alkanes) is 1. The quantitative estimate of drug-likeness (QED) is 0.857. The van der Waals surface area contributed by atoms with Gasteiger partial charge in [-0.05, 0) is 33.8 Å². The van der Waals surface area contributed by atoms with E-state index in [1.807, 2.05) is 17.5 Å². The van der Waals surface area contributed by atoms with E-state index < -0.39 is 0 Å². The van der Waals surface area contributed by atoms with E-state index in [-0.39, 0.29) is 5.91 Å². The summed E-state index contributed by atoms with van der Waals surface area (Å²) in [6.45, 7) is 0.552. The molecule has 0 unspecified atom stereocenters. The fourth-order valence-corrected chi connectivity index (χ4v) is 2.37. The second kappa shape index (κ2) is 5.78. The number of nitrogens with zero attached hydrogens (tertiary/aromatic N) is 1. The average Bonchev–Trinajstić information content (AvgIpc) is 2.59. The summed E-state index contributed by atoms with van der Waals surface area (Å²) in [7, 11) is 0. The summed E-state index contributed by atoms with van der Waals surface area (Å²) in [6, 6.07) is 3.87. The van der Waals surface area contributed by atoms with Crippen molar-refractivity contribution < 1.29 is 4.79 Å². The lowest BCUT2D eigenvalue weighted by Gasteiger charge is -2.01. The molecular formula is C9H9BrN2OS. The lowest BCUT2D eigenvalue weighted by molar-refractivity contribution is 0.0956. The van der Waals surface area contributed by atoms with Crippen LogP contribution in [0.5, 0.6) is 0 Å². The molecule has 0 aliphatic rings. The van der Waals surface area contributed by atoms with E-state index in [2.05, 4.69) is 21.2 Å². The van der Waals surface area contributed by atoms with Crippen molar-refractivity contribution in [3.05, 3.63) is 20.8 Å². The molecule has 0 aromatic carbocycles. The van der Waals surface area contributed by atoms with Gasteiger partial charge in [0.25, 0.3) is 5.91 Å². The van der Waals surface area contributed by atoms with Crippen molar-refractivity contribution in [3.8, 4) is 6.07 Å². The zero-order valence-electron chi connectivity index (χ0n) is 7.42. The number of halogens is 1. The lowest BCUT2D eigenvalue weighted by atomic mass is 10.3. The van der Waals surface area contributed by atoms with Crippen molar-refractivity contribution in [3.63, 3.8) is 0 Å². The Hall–Kier alpha value is -0.860. The van der Waals surface area contributed by atoms with Crippen LogP contribution in [0.4, 0.5) is 0 Å². The molecule has 0 spiro atoms. The standard InChI is InChI=1S/C9H9BrN2OS/c10-7-3-6-14-8(7)9(13)12-5-2-1-4-11/h3,6H,1-2,5H2,(H,12,13). The highest BCUT2D eigenvalue weighted by Crippen LogP contribution is 2.22. The molecule has 3 nitrogen and oxygen atoms in total. The Balaban J connectivity index is 2.37. The van der Waals surface area contributed by atoms with Crippen LogP contribution in [0.3, 0.4) is 0 Å². The van der Waals surface area contributed by atoms with E-state index in [0.29, 0.717) is 24.3 Å². The molecule has 1 aromatic rings. The first-order valence-corrected chi connectivity index (χ1v) is 5.81. The van der Waals surface area contributed by atoms with Gasteiger partial charge in [-0.1, -0.05) is 0 Å². The summed E-state index contributed by atoms with van der Waals surface area (Å²) in [5.74, 6) is -0.0789. The fraction of sp³-hybridized carbons (Fsp3) is 0.333. The van der Waals surface area contributed by atoms with Crippen molar-refractivity contribution in [2.24, 2.45) is 0 Å². The second-order valence-corrected chi connectivity index (χ2v) is 4.39. The van der Waals surface area contributed by atoms with Crippen molar-refractivity contribution in [2.75, 3.05) is 6.54 Å². The number of carbonyl (C=O) groups is 1. The Bertz CT molecular complexity index is 356. The average molecular weight is 273 g/mol. The SMILES string of the molecule is N#CCCCNC(=O)c1sccc1Br. The number of hydrogen-bond acceptors (Lipinski definition) is 3. The molecule has 1 aromatic heterocycles. The highest BCUT2D eigenvalue weighted by Gasteiger charge is 2.09. The predicted molar refractivity (Wildman–Crippen MR) is 59.2 cm³/mol. The van der Waals surface area contributed by atoms with Gasteiger partial charge in [-0.2, -0.15) is 5.26 Å². The molecule has 0 aliphatic carbocycles. The van der Waals surface area contributed by atoms with Gasteiger partial charge in [0.15, 0.2) is 0 Å². The number of nitrogens with one attached hydrogen (secondary N) is 1. The minimum absolute atomic E-state index is 0.0789. The molecule has 0 bridgehead atoms. The van der Waals surface area contributed by atoms with E-state index in [9.17, 15) is 4.79 Å². The third kappa shape index (κ3) is 3.13. The van der Waals surface area contributed by atoms with Gasteiger partial charge in [0.1, 0.15) is 4.88 Å². The van der Waals surface area contributed by atoms with Crippen molar-refractivity contribution in [2.45, 2.75) is 12.8 Å². The summed E-state index contributed by atoms with van der Waals surface area (Å²) in [5.41, 5.74) is 0. The maximum atomic E-state index is 11.5. The molecule has 0 fully saturated rings. The molecule has 1 heterocycles. The molecule has 74 valence electrons. The first kappa shape index (κ1) is 11.2. The summed E-state index contributed by atoms with van der Waals surface area (Å²) in [5, 5.41) is 12.9. The van der Waals surface area contributed by atoms with Crippen molar-refractivity contribution >= 4 is 33.2 Å². The number of amides is 1. The van der Waals surface area contributed by atoms with E-state index >= 15 is 0 Å². The van der Waals surface area contributed by atoms with E-state index in [4.69, 9.17) is 5.26 Å². The Labute approximate surface area is 94.9 Å². The number of thiophene rings is 1. The van der Waals surface area contributed by atoms with Gasteiger partial charge in [0, 0.05) is 17.4 Å². The van der Waals surface area contributed by atoms with Gasteiger partial charge in [0.05, 0.1) is 6.07 Å². The predicted octanol–water partition coefficient (Wildman–Crippen LogP) is 2.54. The van der Waals surface area contributed by atoms with E-state index in [0.717, 1.165) is 4.47 Å². The molecule has 0 saturated heterocycles. The molecular weight excluding hydrogens is 264 g/mol. The molecule has 0 aliphatic heterocycles. The zero-order chi connectivity index (χ0) is 10.4. The topological polar surface area (TPSA) is 52.9 Å². The lowest BCUT2D eigenvalue weighted by Crippen LogP contribution is -2.23. The van der Waals surface area contributed by atoms with Crippen LogP contribution in [-0.4, -0.2) is 12.5 Å².